The Bertz CT molecular complexity index is 675. The van der Waals surface area contributed by atoms with E-state index in [0.717, 1.165) is 10.6 Å². The fourth-order valence-electron chi connectivity index (χ4n) is 2.19. The summed E-state index contributed by atoms with van der Waals surface area (Å²) >= 11 is 1.30. The monoisotopic (exact) mass is 336 g/mol. The van der Waals surface area contributed by atoms with Crippen molar-refractivity contribution in [2.75, 3.05) is 24.9 Å². The molecule has 1 heterocycles. The fourth-order valence-corrected chi connectivity index (χ4v) is 2.77. The highest BCUT2D eigenvalue weighted by atomic mass is 32.1. The third-order valence-corrected chi connectivity index (χ3v) is 3.88. The highest BCUT2D eigenvalue weighted by molar-refractivity contribution is 7.15. The minimum Gasteiger partial charge on any atom is -0.496 e. The molecule has 0 spiro atoms. The van der Waals surface area contributed by atoms with E-state index in [1.807, 2.05) is 6.92 Å². The maximum Gasteiger partial charge on any atom is 0.325 e. The number of ether oxygens (including phenoxy) is 2. The van der Waals surface area contributed by atoms with Crippen LogP contribution in [0.15, 0.2) is 12.1 Å². The van der Waals surface area contributed by atoms with E-state index in [2.05, 4.69) is 34.7 Å². The van der Waals surface area contributed by atoms with Crippen molar-refractivity contribution >= 4 is 28.2 Å². The third-order valence-electron chi connectivity index (χ3n) is 3.13. The number of methoxy groups -OCH3 is 2. The van der Waals surface area contributed by atoms with Gasteiger partial charge in [-0.1, -0.05) is 25.2 Å². The van der Waals surface area contributed by atoms with Crippen molar-refractivity contribution in [2.24, 2.45) is 0 Å². The standard InChI is InChI=1S/C15H20N4O3S/c1-8(2)13-11(21-4)6-10(7-12(13)22-5)16-14(20)17-15-19-18-9(3)23-15/h6-8H,1-5H3,(H2,16,17,19,20). The first-order valence-corrected chi connectivity index (χ1v) is 7.90. The zero-order valence-electron chi connectivity index (χ0n) is 13.8. The molecule has 2 N–H and O–H groups in total. The maximum absolute atomic E-state index is 12.0. The highest BCUT2D eigenvalue weighted by Gasteiger charge is 2.17. The Morgan fingerprint density at radius 3 is 2.17 bits per heavy atom. The number of aryl methyl sites for hydroxylation is 1. The number of benzene rings is 1. The Hall–Kier alpha value is -2.35. The largest absolute Gasteiger partial charge is 0.496 e. The number of hydrogen-bond donors (Lipinski definition) is 2. The van der Waals surface area contributed by atoms with Gasteiger partial charge in [-0.2, -0.15) is 0 Å². The molecule has 0 atom stereocenters. The number of hydrogen-bond acceptors (Lipinski definition) is 6. The number of rotatable bonds is 5. The van der Waals surface area contributed by atoms with Gasteiger partial charge in [0.2, 0.25) is 5.13 Å². The molecule has 1 aromatic heterocycles. The van der Waals surface area contributed by atoms with Gasteiger partial charge in [0.1, 0.15) is 16.5 Å². The molecule has 0 aliphatic rings. The molecular formula is C15H20N4O3S. The van der Waals surface area contributed by atoms with Gasteiger partial charge in [0.05, 0.1) is 14.2 Å². The van der Waals surface area contributed by atoms with Crippen LogP contribution in [0.2, 0.25) is 0 Å². The minimum atomic E-state index is -0.400. The minimum absolute atomic E-state index is 0.229. The van der Waals surface area contributed by atoms with Crippen LogP contribution in [0.5, 0.6) is 11.5 Å². The van der Waals surface area contributed by atoms with E-state index >= 15 is 0 Å². The van der Waals surface area contributed by atoms with Crippen molar-refractivity contribution in [3.8, 4) is 11.5 Å². The summed E-state index contributed by atoms with van der Waals surface area (Å²) in [4.78, 5) is 12.0. The van der Waals surface area contributed by atoms with E-state index < -0.39 is 6.03 Å². The summed E-state index contributed by atoms with van der Waals surface area (Å²) < 4.78 is 10.8. The number of aromatic nitrogens is 2. The highest BCUT2D eigenvalue weighted by Crippen LogP contribution is 2.38. The predicted molar refractivity (Wildman–Crippen MR) is 90.9 cm³/mol. The van der Waals surface area contributed by atoms with E-state index in [1.165, 1.54) is 11.3 Å². The Kier molecular flexibility index (Phi) is 5.38. The Balaban J connectivity index is 2.20. The summed E-state index contributed by atoms with van der Waals surface area (Å²) in [7, 11) is 3.18. The average Bonchev–Trinajstić information content (AvgIpc) is 2.90. The topological polar surface area (TPSA) is 85.4 Å². The van der Waals surface area contributed by atoms with Crippen LogP contribution in [0, 0.1) is 6.92 Å². The van der Waals surface area contributed by atoms with Gasteiger partial charge >= 0.3 is 6.03 Å². The number of carbonyl (C=O) groups is 1. The summed E-state index contributed by atoms with van der Waals surface area (Å²) in [6.45, 7) is 5.93. The van der Waals surface area contributed by atoms with Crippen molar-refractivity contribution in [3.05, 3.63) is 22.7 Å². The molecule has 1 aromatic carbocycles. The van der Waals surface area contributed by atoms with Crippen LogP contribution in [0.25, 0.3) is 0 Å². The van der Waals surface area contributed by atoms with Gasteiger partial charge in [-0.15, -0.1) is 10.2 Å². The van der Waals surface area contributed by atoms with Crippen molar-refractivity contribution in [1.29, 1.82) is 0 Å². The van der Waals surface area contributed by atoms with Gasteiger partial charge in [0.15, 0.2) is 0 Å². The molecule has 0 bridgehead atoms. The van der Waals surface area contributed by atoms with E-state index in [-0.39, 0.29) is 5.92 Å². The molecule has 0 unspecified atom stereocenters. The molecular weight excluding hydrogens is 316 g/mol. The number of nitrogens with one attached hydrogen (secondary N) is 2. The molecule has 2 aromatic rings. The molecule has 0 radical (unpaired) electrons. The van der Waals surface area contributed by atoms with E-state index in [4.69, 9.17) is 9.47 Å². The van der Waals surface area contributed by atoms with Gasteiger partial charge in [-0.25, -0.2) is 4.79 Å². The quantitative estimate of drug-likeness (QED) is 0.871. The Morgan fingerprint density at radius 2 is 1.74 bits per heavy atom. The second kappa shape index (κ2) is 7.28. The second-order valence-corrected chi connectivity index (χ2v) is 6.34. The Labute approximate surface area is 139 Å². The number of carbonyl (C=O) groups excluding carboxylic acids is 1. The maximum atomic E-state index is 12.0. The van der Waals surface area contributed by atoms with Crippen LogP contribution in [0.3, 0.4) is 0 Å². The molecule has 0 fully saturated rings. The van der Waals surface area contributed by atoms with Crippen LogP contribution in [-0.2, 0) is 0 Å². The summed E-state index contributed by atoms with van der Waals surface area (Å²) in [5.41, 5.74) is 1.53. The molecule has 8 heteroatoms. The number of nitrogens with zero attached hydrogens (tertiary/aromatic N) is 2. The summed E-state index contributed by atoms with van der Waals surface area (Å²) in [5.74, 6) is 1.56. The van der Waals surface area contributed by atoms with Gasteiger partial charge < -0.3 is 14.8 Å². The van der Waals surface area contributed by atoms with Gasteiger partial charge in [0.25, 0.3) is 0 Å². The third kappa shape index (κ3) is 4.10. The van der Waals surface area contributed by atoms with E-state index in [1.54, 1.807) is 26.4 Å². The van der Waals surface area contributed by atoms with Gasteiger partial charge in [-0.05, 0) is 12.8 Å². The lowest BCUT2D eigenvalue weighted by atomic mass is 10.00. The number of amides is 2. The smallest absolute Gasteiger partial charge is 0.325 e. The first kappa shape index (κ1) is 17.0. The lowest BCUT2D eigenvalue weighted by molar-refractivity contribution is 0.262. The van der Waals surface area contributed by atoms with Gasteiger partial charge in [0, 0.05) is 23.4 Å². The molecule has 23 heavy (non-hydrogen) atoms. The predicted octanol–water partition coefficient (Wildman–Crippen LogP) is 3.63. The van der Waals surface area contributed by atoms with E-state index in [0.29, 0.717) is 22.3 Å². The molecule has 124 valence electrons. The van der Waals surface area contributed by atoms with Crippen LogP contribution in [0.1, 0.15) is 30.3 Å². The molecule has 0 saturated heterocycles. The molecule has 2 rings (SSSR count). The molecule has 0 aliphatic heterocycles. The van der Waals surface area contributed by atoms with Crippen LogP contribution in [-0.4, -0.2) is 30.4 Å². The second-order valence-electron chi connectivity index (χ2n) is 5.15. The lowest BCUT2D eigenvalue weighted by Gasteiger charge is -2.18. The van der Waals surface area contributed by atoms with Crippen molar-refractivity contribution in [1.82, 2.24) is 10.2 Å². The SMILES string of the molecule is COc1cc(NC(=O)Nc2nnc(C)s2)cc(OC)c1C(C)C. The number of anilines is 2. The van der Waals surface area contributed by atoms with E-state index in [9.17, 15) is 4.79 Å². The van der Waals surface area contributed by atoms with Crippen LogP contribution < -0.4 is 20.1 Å². The lowest BCUT2D eigenvalue weighted by Crippen LogP contribution is -2.19. The summed E-state index contributed by atoms with van der Waals surface area (Å²) in [6.07, 6.45) is 0. The van der Waals surface area contributed by atoms with Crippen molar-refractivity contribution in [3.63, 3.8) is 0 Å². The molecule has 7 nitrogen and oxygen atoms in total. The summed E-state index contributed by atoms with van der Waals surface area (Å²) in [6, 6.07) is 3.13. The average molecular weight is 336 g/mol. The fraction of sp³-hybridized carbons (Fsp3) is 0.400. The first-order chi connectivity index (χ1) is 10.9. The van der Waals surface area contributed by atoms with Crippen LogP contribution in [0.4, 0.5) is 15.6 Å². The van der Waals surface area contributed by atoms with Crippen molar-refractivity contribution in [2.45, 2.75) is 26.7 Å². The summed E-state index contributed by atoms with van der Waals surface area (Å²) in [5, 5.41) is 14.3. The molecule has 0 aliphatic carbocycles. The normalized spacial score (nSPS) is 10.5. The van der Waals surface area contributed by atoms with Crippen molar-refractivity contribution < 1.29 is 14.3 Å². The molecule has 0 saturated carbocycles. The van der Waals surface area contributed by atoms with Crippen LogP contribution >= 0.6 is 11.3 Å². The zero-order valence-corrected chi connectivity index (χ0v) is 14.6. The zero-order chi connectivity index (χ0) is 17.0. The Morgan fingerprint density at radius 1 is 1.13 bits per heavy atom. The first-order valence-electron chi connectivity index (χ1n) is 7.08. The molecule has 2 amide bonds. The van der Waals surface area contributed by atoms with Gasteiger partial charge in [-0.3, -0.25) is 5.32 Å². The number of urea groups is 1.